The molecule has 0 aliphatic rings. The first-order chi connectivity index (χ1) is 11.3. The van der Waals surface area contributed by atoms with Crippen molar-refractivity contribution in [2.75, 3.05) is 26.9 Å². The molecule has 0 fully saturated rings. The molecule has 0 aliphatic heterocycles. The molecule has 2 rings (SSSR count). The van der Waals surface area contributed by atoms with Crippen molar-refractivity contribution in [2.45, 2.75) is 19.6 Å². The van der Waals surface area contributed by atoms with Crippen LogP contribution in [0.15, 0.2) is 54.6 Å². The summed E-state index contributed by atoms with van der Waals surface area (Å²) < 4.78 is 22.3. The molecule has 4 nitrogen and oxygen atoms in total. The molecule has 0 saturated carbocycles. The Balaban J connectivity index is 1.76. The van der Waals surface area contributed by atoms with E-state index in [4.69, 9.17) is 18.9 Å². The minimum Gasteiger partial charge on any atom is -0.497 e. The summed E-state index contributed by atoms with van der Waals surface area (Å²) in [7, 11) is 1.64. The van der Waals surface area contributed by atoms with E-state index >= 15 is 0 Å². The van der Waals surface area contributed by atoms with Gasteiger partial charge in [0.1, 0.15) is 24.2 Å². The third-order valence-corrected chi connectivity index (χ3v) is 3.31. The van der Waals surface area contributed by atoms with Gasteiger partial charge in [-0.25, -0.2) is 0 Å². The molecule has 4 heteroatoms. The summed E-state index contributed by atoms with van der Waals surface area (Å²) in [6, 6.07) is 17.6. The molecule has 0 aliphatic carbocycles. The molecule has 2 aromatic carbocycles. The van der Waals surface area contributed by atoms with E-state index in [1.807, 2.05) is 61.5 Å². The first kappa shape index (κ1) is 17.3. The van der Waals surface area contributed by atoms with Crippen LogP contribution in [0, 0.1) is 0 Å². The quantitative estimate of drug-likeness (QED) is 0.670. The summed E-state index contributed by atoms with van der Waals surface area (Å²) in [4.78, 5) is 0. The average molecular weight is 316 g/mol. The topological polar surface area (TPSA) is 36.9 Å². The van der Waals surface area contributed by atoms with Crippen LogP contribution >= 0.6 is 0 Å². The highest BCUT2D eigenvalue weighted by molar-refractivity contribution is 5.31. The molecule has 23 heavy (non-hydrogen) atoms. The molecule has 0 heterocycles. The molecular formula is C19H24O4. The number of ether oxygens (including phenoxy) is 4. The van der Waals surface area contributed by atoms with Gasteiger partial charge < -0.3 is 18.9 Å². The maximum Gasteiger partial charge on any atom is 0.119 e. The van der Waals surface area contributed by atoms with Gasteiger partial charge in [-0.3, -0.25) is 0 Å². The minimum absolute atomic E-state index is 0.0918. The van der Waals surface area contributed by atoms with Crippen LogP contribution in [0.3, 0.4) is 0 Å². The summed E-state index contributed by atoms with van der Waals surface area (Å²) in [6.07, 6.45) is -0.0918. The molecule has 1 unspecified atom stereocenters. The molecule has 0 amide bonds. The van der Waals surface area contributed by atoms with E-state index in [1.54, 1.807) is 7.11 Å². The summed E-state index contributed by atoms with van der Waals surface area (Å²) in [5, 5.41) is 0. The fourth-order valence-corrected chi connectivity index (χ4v) is 2.12. The summed E-state index contributed by atoms with van der Waals surface area (Å²) in [5.74, 6) is 1.60. The lowest BCUT2D eigenvalue weighted by Crippen LogP contribution is -2.27. The van der Waals surface area contributed by atoms with Gasteiger partial charge in [0.05, 0.1) is 20.3 Å². The maximum atomic E-state index is 5.76. The molecule has 0 N–H and O–H groups in total. The number of benzene rings is 2. The van der Waals surface area contributed by atoms with Gasteiger partial charge in [-0.15, -0.1) is 0 Å². The Morgan fingerprint density at radius 1 is 0.870 bits per heavy atom. The monoisotopic (exact) mass is 316 g/mol. The van der Waals surface area contributed by atoms with Gasteiger partial charge in [0.15, 0.2) is 0 Å². The van der Waals surface area contributed by atoms with Gasteiger partial charge >= 0.3 is 0 Å². The third-order valence-electron chi connectivity index (χ3n) is 3.31. The molecular weight excluding hydrogens is 292 g/mol. The van der Waals surface area contributed by atoms with Crippen LogP contribution in [0.5, 0.6) is 11.5 Å². The SMILES string of the molecule is CCOC(COCc1ccccc1)COc1ccc(OC)cc1. The molecule has 0 bridgehead atoms. The van der Waals surface area contributed by atoms with Crippen LogP contribution in [-0.4, -0.2) is 33.0 Å². The fraction of sp³-hybridized carbons (Fsp3) is 0.368. The first-order valence-corrected chi connectivity index (χ1v) is 7.82. The average Bonchev–Trinajstić information content (AvgIpc) is 2.61. The highest BCUT2D eigenvalue weighted by Crippen LogP contribution is 2.17. The Bertz CT molecular complexity index is 539. The Morgan fingerprint density at radius 2 is 1.57 bits per heavy atom. The van der Waals surface area contributed by atoms with Crippen LogP contribution in [-0.2, 0) is 16.1 Å². The van der Waals surface area contributed by atoms with Crippen LogP contribution in [0.2, 0.25) is 0 Å². The lowest BCUT2D eigenvalue weighted by atomic mass is 10.2. The standard InChI is InChI=1S/C19H24O4/c1-3-22-19(14-21-13-16-7-5-4-6-8-16)15-23-18-11-9-17(20-2)10-12-18/h4-12,19H,3,13-15H2,1-2H3. The van der Waals surface area contributed by atoms with Crippen LogP contribution in [0.4, 0.5) is 0 Å². The molecule has 2 aromatic rings. The molecule has 124 valence electrons. The fourth-order valence-electron chi connectivity index (χ4n) is 2.12. The molecule has 1 atom stereocenters. The smallest absolute Gasteiger partial charge is 0.119 e. The lowest BCUT2D eigenvalue weighted by Gasteiger charge is -2.18. The number of hydrogen-bond acceptors (Lipinski definition) is 4. The molecule has 0 radical (unpaired) electrons. The normalized spacial score (nSPS) is 11.9. The van der Waals surface area contributed by atoms with Crippen molar-refractivity contribution in [3.05, 3.63) is 60.2 Å². The predicted molar refractivity (Wildman–Crippen MR) is 90.0 cm³/mol. The highest BCUT2D eigenvalue weighted by atomic mass is 16.6. The second-order valence-electron chi connectivity index (χ2n) is 5.06. The van der Waals surface area contributed by atoms with Crippen molar-refractivity contribution in [1.82, 2.24) is 0 Å². The van der Waals surface area contributed by atoms with Gasteiger partial charge in [0.2, 0.25) is 0 Å². The van der Waals surface area contributed by atoms with Crippen LogP contribution in [0.1, 0.15) is 12.5 Å². The zero-order chi connectivity index (χ0) is 16.3. The zero-order valence-electron chi connectivity index (χ0n) is 13.7. The van der Waals surface area contributed by atoms with Crippen molar-refractivity contribution in [3.63, 3.8) is 0 Å². The second kappa shape index (κ2) is 9.87. The number of rotatable bonds is 10. The molecule has 0 spiro atoms. The van der Waals surface area contributed by atoms with Gasteiger partial charge in [0.25, 0.3) is 0 Å². The highest BCUT2D eigenvalue weighted by Gasteiger charge is 2.10. The van der Waals surface area contributed by atoms with E-state index < -0.39 is 0 Å². The van der Waals surface area contributed by atoms with E-state index in [1.165, 1.54) is 0 Å². The summed E-state index contributed by atoms with van der Waals surface area (Å²) in [5.41, 5.74) is 1.15. The zero-order valence-corrected chi connectivity index (χ0v) is 13.7. The Hall–Kier alpha value is -2.04. The minimum atomic E-state index is -0.0918. The largest absolute Gasteiger partial charge is 0.497 e. The van der Waals surface area contributed by atoms with E-state index in [-0.39, 0.29) is 6.10 Å². The summed E-state index contributed by atoms with van der Waals surface area (Å²) >= 11 is 0. The van der Waals surface area contributed by atoms with Gasteiger partial charge in [-0.1, -0.05) is 30.3 Å². The first-order valence-electron chi connectivity index (χ1n) is 7.82. The van der Waals surface area contributed by atoms with Crippen molar-refractivity contribution in [2.24, 2.45) is 0 Å². The van der Waals surface area contributed by atoms with Crippen molar-refractivity contribution >= 4 is 0 Å². The second-order valence-corrected chi connectivity index (χ2v) is 5.06. The van der Waals surface area contributed by atoms with Crippen LogP contribution in [0.25, 0.3) is 0 Å². The van der Waals surface area contributed by atoms with E-state index in [2.05, 4.69) is 0 Å². The Kier molecular flexibility index (Phi) is 7.43. The van der Waals surface area contributed by atoms with E-state index in [0.717, 1.165) is 17.1 Å². The van der Waals surface area contributed by atoms with Crippen molar-refractivity contribution in [3.8, 4) is 11.5 Å². The Morgan fingerprint density at radius 3 is 2.22 bits per heavy atom. The number of hydrogen-bond donors (Lipinski definition) is 0. The van der Waals surface area contributed by atoms with Gasteiger partial charge in [0, 0.05) is 6.61 Å². The van der Waals surface area contributed by atoms with Crippen molar-refractivity contribution < 1.29 is 18.9 Å². The van der Waals surface area contributed by atoms with E-state index in [9.17, 15) is 0 Å². The molecule has 0 saturated heterocycles. The lowest BCUT2D eigenvalue weighted by molar-refractivity contribution is -0.0372. The van der Waals surface area contributed by atoms with Gasteiger partial charge in [-0.05, 0) is 36.8 Å². The van der Waals surface area contributed by atoms with Gasteiger partial charge in [-0.2, -0.15) is 0 Å². The Labute approximate surface area is 137 Å². The third kappa shape index (κ3) is 6.30. The molecule has 0 aromatic heterocycles. The van der Waals surface area contributed by atoms with Crippen LogP contribution < -0.4 is 9.47 Å². The van der Waals surface area contributed by atoms with Crippen molar-refractivity contribution in [1.29, 1.82) is 0 Å². The maximum absolute atomic E-state index is 5.76. The van der Waals surface area contributed by atoms with E-state index in [0.29, 0.717) is 26.4 Å². The number of methoxy groups -OCH3 is 1. The summed E-state index contributed by atoms with van der Waals surface area (Å²) in [6.45, 7) is 4.13. The predicted octanol–water partition coefficient (Wildman–Crippen LogP) is 3.70.